The first kappa shape index (κ1) is 14.3. The van der Waals surface area contributed by atoms with Gasteiger partial charge < -0.3 is 14.0 Å². The summed E-state index contributed by atoms with van der Waals surface area (Å²) in [5.74, 6) is -1.79. The standard InChI is InChI=1S/C13H10BrNO5/c1-18-12(16)9-10(7-3-5-8(14)6-4-7)15-20-11(9)13(17)19-2/h3-6H,1-2H3. The second-order valence-corrected chi connectivity index (χ2v) is 4.64. The third-order valence-electron chi connectivity index (χ3n) is 2.57. The molecule has 1 aromatic carbocycles. The van der Waals surface area contributed by atoms with Gasteiger partial charge >= 0.3 is 11.9 Å². The number of rotatable bonds is 3. The number of methoxy groups -OCH3 is 2. The highest BCUT2D eigenvalue weighted by Crippen LogP contribution is 2.27. The molecule has 0 unspecified atom stereocenters. The Kier molecular flexibility index (Phi) is 4.19. The predicted octanol–water partition coefficient (Wildman–Crippen LogP) is 2.68. The normalized spacial score (nSPS) is 10.2. The first-order valence-electron chi connectivity index (χ1n) is 5.50. The van der Waals surface area contributed by atoms with Gasteiger partial charge in [-0.15, -0.1) is 0 Å². The summed E-state index contributed by atoms with van der Waals surface area (Å²) in [4.78, 5) is 23.4. The van der Waals surface area contributed by atoms with Crippen LogP contribution in [0.3, 0.4) is 0 Å². The maximum Gasteiger partial charge on any atom is 0.377 e. The number of halogens is 1. The van der Waals surface area contributed by atoms with Gasteiger partial charge in [0.25, 0.3) is 5.76 Å². The van der Waals surface area contributed by atoms with E-state index in [2.05, 4.69) is 30.6 Å². The van der Waals surface area contributed by atoms with E-state index in [1.54, 1.807) is 24.3 Å². The summed E-state index contributed by atoms with van der Waals surface area (Å²) >= 11 is 3.31. The second kappa shape index (κ2) is 5.87. The Labute approximate surface area is 122 Å². The van der Waals surface area contributed by atoms with Gasteiger partial charge in [0.2, 0.25) is 0 Å². The SMILES string of the molecule is COC(=O)c1onc(-c2ccc(Br)cc2)c1C(=O)OC. The van der Waals surface area contributed by atoms with Gasteiger partial charge in [-0.05, 0) is 12.1 Å². The molecule has 6 nitrogen and oxygen atoms in total. The first-order valence-corrected chi connectivity index (χ1v) is 6.30. The molecule has 2 aromatic rings. The van der Waals surface area contributed by atoms with Crippen LogP contribution in [-0.2, 0) is 9.47 Å². The fraction of sp³-hybridized carbons (Fsp3) is 0.154. The lowest BCUT2D eigenvalue weighted by Gasteiger charge is -2.01. The number of aromatic nitrogens is 1. The van der Waals surface area contributed by atoms with Crippen molar-refractivity contribution < 1.29 is 23.6 Å². The van der Waals surface area contributed by atoms with E-state index in [0.717, 1.165) is 4.47 Å². The van der Waals surface area contributed by atoms with Gasteiger partial charge in [-0.1, -0.05) is 33.2 Å². The Morgan fingerprint density at radius 3 is 2.25 bits per heavy atom. The zero-order valence-corrected chi connectivity index (χ0v) is 12.3. The monoisotopic (exact) mass is 339 g/mol. The van der Waals surface area contributed by atoms with Crippen LogP contribution in [0.25, 0.3) is 11.3 Å². The van der Waals surface area contributed by atoms with Gasteiger partial charge in [-0.25, -0.2) is 9.59 Å². The van der Waals surface area contributed by atoms with Crippen molar-refractivity contribution in [3.05, 3.63) is 40.1 Å². The number of hydrogen-bond donors (Lipinski definition) is 0. The zero-order valence-electron chi connectivity index (χ0n) is 10.7. The van der Waals surface area contributed by atoms with E-state index in [9.17, 15) is 9.59 Å². The highest BCUT2D eigenvalue weighted by molar-refractivity contribution is 9.10. The molecule has 7 heteroatoms. The number of ether oxygens (including phenoxy) is 2. The summed E-state index contributed by atoms with van der Waals surface area (Å²) in [5, 5.41) is 3.76. The molecule has 0 saturated heterocycles. The minimum Gasteiger partial charge on any atom is -0.465 e. The van der Waals surface area contributed by atoms with Crippen LogP contribution in [-0.4, -0.2) is 31.3 Å². The van der Waals surface area contributed by atoms with Crippen LogP contribution in [0.15, 0.2) is 33.3 Å². The number of carbonyl (C=O) groups is 2. The van der Waals surface area contributed by atoms with Crippen LogP contribution in [0.5, 0.6) is 0 Å². The molecule has 0 saturated carbocycles. The van der Waals surface area contributed by atoms with Crippen LogP contribution >= 0.6 is 15.9 Å². The molecule has 0 spiro atoms. The predicted molar refractivity (Wildman–Crippen MR) is 72.3 cm³/mol. The molecule has 0 fully saturated rings. The van der Waals surface area contributed by atoms with E-state index in [1.165, 1.54) is 14.2 Å². The molecule has 20 heavy (non-hydrogen) atoms. The molecule has 0 bridgehead atoms. The fourth-order valence-corrected chi connectivity index (χ4v) is 1.88. The summed E-state index contributed by atoms with van der Waals surface area (Å²) < 4.78 is 15.0. The molecule has 1 aromatic heterocycles. The third kappa shape index (κ3) is 2.57. The second-order valence-electron chi connectivity index (χ2n) is 3.73. The van der Waals surface area contributed by atoms with E-state index in [1.807, 2.05) is 0 Å². The van der Waals surface area contributed by atoms with Crippen molar-refractivity contribution in [1.82, 2.24) is 5.16 Å². The molecule has 0 aliphatic heterocycles. The summed E-state index contributed by atoms with van der Waals surface area (Å²) in [6, 6.07) is 7.02. The Bertz CT molecular complexity index is 647. The van der Waals surface area contributed by atoms with Crippen LogP contribution in [0.2, 0.25) is 0 Å². The number of carbonyl (C=O) groups excluding carboxylic acids is 2. The van der Waals surface area contributed by atoms with E-state index in [4.69, 9.17) is 4.52 Å². The van der Waals surface area contributed by atoms with Gasteiger partial charge in [-0.3, -0.25) is 0 Å². The molecule has 104 valence electrons. The molecule has 0 atom stereocenters. The van der Waals surface area contributed by atoms with Gasteiger partial charge in [0, 0.05) is 10.0 Å². The molecule has 1 heterocycles. The first-order chi connectivity index (χ1) is 9.58. The summed E-state index contributed by atoms with van der Waals surface area (Å²) in [6.45, 7) is 0. The molecule has 2 rings (SSSR count). The lowest BCUT2D eigenvalue weighted by Crippen LogP contribution is -2.10. The quantitative estimate of drug-likeness (QED) is 0.800. The van der Waals surface area contributed by atoms with Gasteiger partial charge in [0.1, 0.15) is 11.3 Å². The lowest BCUT2D eigenvalue weighted by atomic mass is 10.1. The van der Waals surface area contributed by atoms with Crippen molar-refractivity contribution in [2.75, 3.05) is 14.2 Å². The van der Waals surface area contributed by atoms with E-state index in [-0.39, 0.29) is 17.0 Å². The maximum atomic E-state index is 11.8. The third-order valence-corrected chi connectivity index (χ3v) is 3.10. The summed E-state index contributed by atoms with van der Waals surface area (Å²) in [6.07, 6.45) is 0. The minimum atomic E-state index is -0.790. The molecule has 0 aliphatic carbocycles. The van der Waals surface area contributed by atoms with Crippen molar-refractivity contribution in [3.8, 4) is 11.3 Å². The molecular weight excluding hydrogens is 330 g/mol. The Hall–Kier alpha value is -2.15. The smallest absolute Gasteiger partial charge is 0.377 e. The van der Waals surface area contributed by atoms with Crippen molar-refractivity contribution in [2.24, 2.45) is 0 Å². The Morgan fingerprint density at radius 1 is 1.10 bits per heavy atom. The van der Waals surface area contributed by atoms with Gasteiger partial charge in [0.15, 0.2) is 0 Å². The van der Waals surface area contributed by atoms with Crippen molar-refractivity contribution in [2.45, 2.75) is 0 Å². The average molecular weight is 340 g/mol. The molecule has 0 radical (unpaired) electrons. The summed E-state index contributed by atoms with van der Waals surface area (Å²) in [7, 11) is 2.40. The van der Waals surface area contributed by atoms with Crippen LogP contribution in [0, 0.1) is 0 Å². The largest absolute Gasteiger partial charge is 0.465 e. The molecule has 0 aliphatic rings. The number of hydrogen-bond acceptors (Lipinski definition) is 6. The lowest BCUT2D eigenvalue weighted by molar-refractivity contribution is 0.0521. The van der Waals surface area contributed by atoms with Crippen LogP contribution < -0.4 is 0 Å². The molecular formula is C13H10BrNO5. The number of esters is 2. The minimum absolute atomic E-state index is 0.0540. The van der Waals surface area contributed by atoms with Crippen molar-refractivity contribution >= 4 is 27.9 Å². The van der Waals surface area contributed by atoms with Crippen LogP contribution in [0.4, 0.5) is 0 Å². The maximum absolute atomic E-state index is 11.8. The van der Waals surface area contributed by atoms with Crippen LogP contribution in [0.1, 0.15) is 20.9 Å². The highest BCUT2D eigenvalue weighted by Gasteiger charge is 2.29. The fourth-order valence-electron chi connectivity index (χ4n) is 1.62. The topological polar surface area (TPSA) is 78.6 Å². The zero-order chi connectivity index (χ0) is 14.7. The van der Waals surface area contributed by atoms with E-state index >= 15 is 0 Å². The molecule has 0 N–H and O–H groups in total. The van der Waals surface area contributed by atoms with Crippen molar-refractivity contribution in [1.29, 1.82) is 0 Å². The Balaban J connectivity index is 2.59. The van der Waals surface area contributed by atoms with Crippen molar-refractivity contribution in [3.63, 3.8) is 0 Å². The highest BCUT2D eigenvalue weighted by atomic mass is 79.9. The van der Waals surface area contributed by atoms with Gasteiger partial charge in [-0.2, -0.15) is 0 Å². The van der Waals surface area contributed by atoms with E-state index in [0.29, 0.717) is 5.56 Å². The average Bonchev–Trinajstić information content (AvgIpc) is 2.91. The van der Waals surface area contributed by atoms with Gasteiger partial charge in [0.05, 0.1) is 14.2 Å². The molecule has 0 amide bonds. The number of benzene rings is 1. The Morgan fingerprint density at radius 2 is 1.70 bits per heavy atom. The number of nitrogens with zero attached hydrogens (tertiary/aromatic N) is 1. The van der Waals surface area contributed by atoms with E-state index < -0.39 is 11.9 Å². The summed E-state index contributed by atoms with van der Waals surface area (Å²) in [5.41, 5.74) is 0.791.